The van der Waals surface area contributed by atoms with E-state index in [2.05, 4.69) is 4.90 Å². The Morgan fingerprint density at radius 3 is 2.55 bits per heavy atom. The predicted octanol–water partition coefficient (Wildman–Crippen LogP) is 3.12. The SMILES string of the molecule is Cc1cccc([N+](=O)[O-])c1C(=O)OCC(=O)N1CCN(Cc2ccc(Cl)s2)CC1. The molecule has 0 radical (unpaired) electrons. The van der Waals surface area contributed by atoms with Crippen molar-refractivity contribution in [2.75, 3.05) is 32.8 Å². The number of hydrogen-bond donors (Lipinski definition) is 0. The maximum absolute atomic E-state index is 12.4. The Kier molecular flexibility index (Phi) is 6.83. The molecule has 0 saturated carbocycles. The first-order chi connectivity index (χ1) is 13.8. The Balaban J connectivity index is 1.50. The van der Waals surface area contributed by atoms with Gasteiger partial charge >= 0.3 is 5.97 Å². The number of amides is 1. The van der Waals surface area contributed by atoms with E-state index in [0.29, 0.717) is 31.7 Å². The van der Waals surface area contributed by atoms with E-state index in [0.717, 1.165) is 10.9 Å². The normalized spacial score (nSPS) is 14.6. The monoisotopic (exact) mass is 437 g/mol. The fourth-order valence-corrected chi connectivity index (χ4v) is 4.30. The summed E-state index contributed by atoms with van der Waals surface area (Å²) in [6.07, 6.45) is 0. The number of esters is 1. The van der Waals surface area contributed by atoms with Crippen LogP contribution in [0.1, 0.15) is 20.8 Å². The van der Waals surface area contributed by atoms with Crippen molar-refractivity contribution in [3.63, 3.8) is 0 Å². The lowest BCUT2D eigenvalue weighted by atomic mass is 10.1. The molecular weight excluding hydrogens is 418 g/mol. The molecule has 0 aliphatic carbocycles. The van der Waals surface area contributed by atoms with Gasteiger partial charge in [-0.2, -0.15) is 0 Å². The topological polar surface area (TPSA) is 93.0 Å². The van der Waals surface area contributed by atoms with Gasteiger partial charge in [0.05, 0.1) is 9.26 Å². The largest absolute Gasteiger partial charge is 0.452 e. The minimum atomic E-state index is -0.864. The van der Waals surface area contributed by atoms with E-state index in [9.17, 15) is 19.7 Å². The van der Waals surface area contributed by atoms with Crippen LogP contribution in [0.5, 0.6) is 0 Å². The number of ether oxygens (including phenoxy) is 1. The summed E-state index contributed by atoms with van der Waals surface area (Å²) < 4.78 is 5.83. The van der Waals surface area contributed by atoms with Crippen molar-refractivity contribution in [2.45, 2.75) is 13.5 Å². The maximum Gasteiger partial charge on any atom is 0.345 e. The molecule has 8 nitrogen and oxygen atoms in total. The van der Waals surface area contributed by atoms with Crippen molar-refractivity contribution in [3.05, 3.63) is 60.8 Å². The Morgan fingerprint density at radius 1 is 1.21 bits per heavy atom. The van der Waals surface area contributed by atoms with Crippen LogP contribution in [0, 0.1) is 17.0 Å². The van der Waals surface area contributed by atoms with Crippen LogP contribution in [-0.2, 0) is 16.1 Å². The van der Waals surface area contributed by atoms with E-state index >= 15 is 0 Å². The standard InChI is InChI=1S/C19H20ClN3O5S/c1-13-3-2-4-15(23(26)27)18(13)19(25)28-12-17(24)22-9-7-21(8-10-22)11-14-5-6-16(20)29-14/h2-6H,7-12H2,1H3. The molecule has 1 aliphatic rings. The fourth-order valence-electron chi connectivity index (χ4n) is 3.17. The lowest BCUT2D eigenvalue weighted by Gasteiger charge is -2.34. The smallest absolute Gasteiger partial charge is 0.345 e. The molecule has 2 heterocycles. The first-order valence-electron chi connectivity index (χ1n) is 9.00. The zero-order chi connectivity index (χ0) is 21.0. The number of nitro benzene ring substituents is 1. The van der Waals surface area contributed by atoms with Gasteiger partial charge < -0.3 is 9.64 Å². The highest BCUT2D eigenvalue weighted by Crippen LogP contribution is 2.24. The van der Waals surface area contributed by atoms with E-state index in [4.69, 9.17) is 16.3 Å². The van der Waals surface area contributed by atoms with E-state index in [1.807, 2.05) is 12.1 Å². The average molecular weight is 438 g/mol. The van der Waals surface area contributed by atoms with E-state index in [-0.39, 0.29) is 17.2 Å². The molecule has 0 bridgehead atoms. The third-order valence-corrected chi connectivity index (χ3v) is 5.93. The number of halogens is 1. The number of nitrogens with zero attached hydrogens (tertiary/aromatic N) is 3. The van der Waals surface area contributed by atoms with Gasteiger partial charge in [-0.25, -0.2) is 4.79 Å². The second-order valence-corrected chi connectivity index (χ2v) is 8.46. The van der Waals surface area contributed by atoms with Crippen LogP contribution in [0.4, 0.5) is 5.69 Å². The molecule has 2 aromatic rings. The summed E-state index contributed by atoms with van der Waals surface area (Å²) in [7, 11) is 0. The zero-order valence-electron chi connectivity index (χ0n) is 15.8. The van der Waals surface area contributed by atoms with Crippen LogP contribution in [-0.4, -0.2) is 59.4 Å². The second-order valence-electron chi connectivity index (χ2n) is 6.67. The summed E-state index contributed by atoms with van der Waals surface area (Å²) in [5.74, 6) is -1.18. The van der Waals surface area contributed by atoms with Crippen LogP contribution in [0.2, 0.25) is 4.34 Å². The molecule has 3 rings (SSSR count). The molecule has 1 saturated heterocycles. The molecule has 0 spiro atoms. The van der Waals surface area contributed by atoms with Crippen molar-refractivity contribution in [3.8, 4) is 0 Å². The molecule has 10 heteroatoms. The van der Waals surface area contributed by atoms with E-state index < -0.39 is 17.5 Å². The van der Waals surface area contributed by atoms with Crippen molar-refractivity contribution in [2.24, 2.45) is 0 Å². The van der Waals surface area contributed by atoms with E-state index in [1.54, 1.807) is 17.9 Å². The van der Waals surface area contributed by atoms with Crippen LogP contribution in [0.15, 0.2) is 30.3 Å². The molecule has 1 amide bonds. The third-order valence-electron chi connectivity index (χ3n) is 4.71. The summed E-state index contributed by atoms with van der Waals surface area (Å²) in [5, 5.41) is 11.1. The van der Waals surface area contributed by atoms with Gasteiger partial charge in [-0.05, 0) is 24.6 Å². The minimum absolute atomic E-state index is 0.121. The van der Waals surface area contributed by atoms with Crippen molar-refractivity contribution < 1.29 is 19.2 Å². The van der Waals surface area contributed by atoms with E-state index in [1.165, 1.54) is 28.3 Å². The molecule has 1 fully saturated rings. The number of carbonyl (C=O) groups excluding carboxylic acids is 2. The van der Waals surface area contributed by atoms with Gasteiger partial charge in [0.25, 0.3) is 11.6 Å². The molecule has 154 valence electrons. The quantitative estimate of drug-likeness (QED) is 0.391. The van der Waals surface area contributed by atoms with Crippen LogP contribution in [0.3, 0.4) is 0 Å². The number of thiophene rings is 1. The second kappa shape index (κ2) is 9.34. The van der Waals surface area contributed by atoms with Crippen LogP contribution < -0.4 is 0 Å². The number of benzene rings is 1. The highest BCUT2D eigenvalue weighted by molar-refractivity contribution is 7.16. The lowest BCUT2D eigenvalue weighted by Crippen LogP contribution is -2.49. The van der Waals surface area contributed by atoms with Gasteiger partial charge in [-0.15, -0.1) is 11.3 Å². The summed E-state index contributed by atoms with van der Waals surface area (Å²) in [6, 6.07) is 8.19. The van der Waals surface area contributed by atoms with Gasteiger partial charge in [0.1, 0.15) is 5.56 Å². The number of hydrogen-bond acceptors (Lipinski definition) is 7. The van der Waals surface area contributed by atoms with Crippen LogP contribution >= 0.6 is 22.9 Å². The summed E-state index contributed by atoms with van der Waals surface area (Å²) in [5.41, 5.74) is -0.0200. The van der Waals surface area contributed by atoms with Gasteiger partial charge in [-0.3, -0.25) is 19.8 Å². The number of aryl methyl sites for hydroxylation is 1. The van der Waals surface area contributed by atoms with Crippen molar-refractivity contribution in [1.82, 2.24) is 9.80 Å². The molecule has 29 heavy (non-hydrogen) atoms. The van der Waals surface area contributed by atoms with Crippen molar-refractivity contribution in [1.29, 1.82) is 0 Å². The number of carbonyl (C=O) groups is 2. The Morgan fingerprint density at radius 2 is 1.93 bits per heavy atom. The minimum Gasteiger partial charge on any atom is -0.452 e. The van der Waals surface area contributed by atoms with Gasteiger partial charge in [0.2, 0.25) is 0 Å². The van der Waals surface area contributed by atoms with Gasteiger partial charge in [0.15, 0.2) is 6.61 Å². The first kappa shape index (κ1) is 21.2. The van der Waals surface area contributed by atoms with Crippen molar-refractivity contribution >= 4 is 40.5 Å². The molecule has 0 N–H and O–H groups in total. The zero-order valence-corrected chi connectivity index (χ0v) is 17.4. The Labute approximate surface area is 176 Å². The molecule has 1 aromatic heterocycles. The first-order valence-corrected chi connectivity index (χ1v) is 10.2. The summed E-state index contributed by atoms with van der Waals surface area (Å²) in [6.45, 7) is 4.40. The molecule has 0 atom stereocenters. The highest BCUT2D eigenvalue weighted by atomic mass is 35.5. The number of nitro groups is 1. The Bertz CT molecular complexity index is 924. The average Bonchev–Trinajstić information content (AvgIpc) is 3.10. The van der Waals surface area contributed by atoms with Gasteiger partial charge in [-0.1, -0.05) is 23.7 Å². The molecule has 1 aliphatic heterocycles. The fraction of sp³-hybridized carbons (Fsp3) is 0.368. The lowest BCUT2D eigenvalue weighted by molar-refractivity contribution is -0.385. The maximum atomic E-state index is 12.4. The molecule has 1 aromatic carbocycles. The molecule has 0 unspecified atom stereocenters. The molecular formula is C19H20ClN3O5S. The Hall–Kier alpha value is -2.49. The number of piperazine rings is 1. The third kappa shape index (κ3) is 5.31. The predicted molar refractivity (Wildman–Crippen MR) is 109 cm³/mol. The van der Waals surface area contributed by atoms with Crippen LogP contribution in [0.25, 0.3) is 0 Å². The summed E-state index contributed by atoms with van der Waals surface area (Å²) >= 11 is 7.49. The summed E-state index contributed by atoms with van der Waals surface area (Å²) in [4.78, 5) is 40.2. The number of rotatable bonds is 6. The van der Waals surface area contributed by atoms with Gasteiger partial charge in [0, 0.05) is 43.7 Å². The highest BCUT2D eigenvalue weighted by Gasteiger charge is 2.26.